The fraction of sp³-hybridized carbons (Fsp3) is 0.0769. The van der Waals surface area contributed by atoms with E-state index in [0.717, 1.165) is 17.3 Å². The van der Waals surface area contributed by atoms with Gasteiger partial charge in [-0.1, -0.05) is 42.1 Å². The normalized spacial score (nSPS) is 14.1. The van der Waals surface area contributed by atoms with E-state index in [0.29, 0.717) is 22.2 Å². The van der Waals surface area contributed by atoms with Crippen molar-refractivity contribution in [3.8, 4) is 0 Å². The molecule has 176 valence electrons. The van der Waals surface area contributed by atoms with E-state index in [2.05, 4.69) is 15.6 Å². The minimum Gasteiger partial charge on any atom is -0.326 e. The van der Waals surface area contributed by atoms with Crippen LogP contribution >= 0.6 is 11.8 Å². The van der Waals surface area contributed by atoms with Crippen LogP contribution in [0.5, 0.6) is 0 Å². The fourth-order valence-electron chi connectivity index (χ4n) is 3.29. The molecule has 0 radical (unpaired) electrons. The number of nitrogens with one attached hydrogen (secondary N) is 2. The summed E-state index contributed by atoms with van der Waals surface area (Å²) in [6.07, 6.45) is 1.67. The van der Waals surface area contributed by atoms with E-state index in [1.54, 1.807) is 30.3 Å². The van der Waals surface area contributed by atoms with Crippen LogP contribution in [0.15, 0.2) is 89.6 Å². The van der Waals surface area contributed by atoms with Gasteiger partial charge in [-0.15, -0.1) is 0 Å². The maximum Gasteiger partial charge on any atom is 0.283 e. The van der Waals surface area contributed by atoms with Crippen LogP contribution in [0.4, 0.5) is 21.5 Å². The molecule has 0 saturated heterocycles. The maximum atomic E-state index is 13.5. The van der Waals surface area contributed by atoms with E-state index in [4.69, 9.17) is 0 Å². The Morgan fingerprint density at radius 1 is 0.943 bits per heavy atom. The van der Waals surface area contributed by atoms with Gasteiger partial charge in [-0.25, -0.2) is 9.38 Å². The van der Waals surface area contributed by atoms with E-state index in [1.165, 1.54) is 36.1 Å². The SMILES string of the molecule is CC(=O)Nc1ccc(NC(=O)CSC2=NC(=Cc3ccccc3)C(=O)N2c2ccc(F)cc2)cc1. The Morgan fingerprint density at radius 2 is 1.57 bits per heavy atom. The standard InChI is InChI=1S/C26H21FN4O3S/c1-17(32)28-20-9-11-21(12-10-20)29-24(33)16-35-26-30-23(15-18-5-3-2-4-6-18)25(34)31(26)22-13-7-19(27)8-14-22/h2-15H,16H2,1H3,(H,28,32)(H,29,33). The van der Waals surface area contributed by atoms with Crippen LogP contribution in [0.2, 0.25) is 0 Å². The molecule has 0 aromatic heterocycles. The predicted molar refractivity (Wildman–Crippen MR) is 138 cm³/mol. The lowest BCUT2D eigenvalue weighted by Crippen LogP contribution is -2.31. The summed E-state index contributed by atoms with van der Waals surface area (Å²) in [6, 6.07) is 21.5. The van der Waals surface area contributed by atoms with Crippen molar-refractivity contribution in [2.45, 2.75) is 6.92 Å². The first-order valence-electron chi connectivity index (χ1n) is 10.6. The number of hydrogen-bond acceptors (Lipinski definition) is 5. The summed E-state index contributed by atoms with van der Waals surface area (Å²) in [5.41, 5.74) is 2.67. The monoisotopic (exact) mass is 488 g/mol. The van der Waals surface area contributed by atoms with Gasteiger partial charge < -0.3 is 10.6 Å². The van der Waals surface area contributed by atoms with E-state index < -0.39 is 5.82 Å². The first-order chi connectivity index (χ1) is 16.9. The summed E-state index contributed by atoms with van der Waals surface area (Å²) < 4.78 is 13.5. The zero-order chi connectivity index (χ0) is 24.8. The average molecular weight is 489 g/mol. The summed E-state index contributed by atoms with van der Waals surface area (Å²) in [5.74, 6) is -1.27. The lowest BCUT2D eigenvalue weighted by atomic mass is 10.2. The number of thioether (sulfide) groups is 1. The Labute approximate surface area is 205 Å². The van der Waals surface area contributed by atoms with Gasteiger partial charge in [0.15, 0.2) is 5.17 Å². The number of halogens is 1. The molecule has 35 heavy (non-hydrogen) atoms. The molecule has 4 rings (SSSR count). The highest BCUT2D eigenvalue weighted by atomic mass is 32.2. The van der Waals surface area contributed by atoms with Crippen molar-refractivity contribution < 1.29 is 18.8 Å². The molecule has 0 saturated carbocycles. The summed E-state index contributed by atoms with van der Waals surface area (Å²) >= 11 is 1.10. The topological polar surface area (TPSA) is 90.9 Å². The number of amides is 3. The molecular formula is C26H21FN4O3S. The highest BCUT2D eigenvalue weighted by Gasteiger charge is 2.32. The number of nitrogens with zero attached hydrogens (tertiary/aromatic N) is 2. The Balaban J connectivity index is 1.49. The Morgan fingerprint density at radius 3 is 2.20 bits per heavy atom. The number of hydrogen-bond donors (Lipinski definition) is 2. The molecule has 3 aromatic carbocycles. The van der Waals surface area contributed by atoms with Crippen molar-refractivity contribution in [3.63, 3.8) is 0 Å². The number of aliphatic imine (C=N–C) groups is 1. The van der Waals surface area contributed by atoms with Crippen LogP contribution in [0.25, 0.3) is 6.08 Å². The lowest BCUT2D eigenvalue weighted by Gasteiger charge is -2.17. The molecule has 7 nitrogen and oxygen atoms in total. The molecule has 0 bridgehead atoms. The van der Waals surface area contributed by atoms with E-state index in [1.807, 2.05) is 30.3 Å². The number of amidine groups is 1. The highest BCUT2D eigenvalue weighted by Crippen LogP contribution is 2.29. The lowest BCUT2D eigenvalue weighted by molar-refractivity contribution is -0.114. The van der Waals surface area contributed by atoms with Crippen LogP contribution < -0.4 is 15.5 Å². The number of carbonyl (C=O) groups excluding carboxylic acids is 3. The molecule has 2 N–H and O–H groups in total. The van der Waals surface area contributed by atoms with Gasteiger partial charge >= 0.3 is 0 Å². The summed E-state index contributed by atoms with van der Waals surface area (Å²) in [4.78, 5) is 42.7. The predicted octanol–water partition coefficient (Wildman–Crippen LogP) is 4.90. The molecule has 1 aliphatic heterocycles. The minimum absolute atomic E-state index is 0.00409. The molecular weight excluding hydrogens is 467 g/mol. The molecule has 1 heterocycles. The van der Waals surface area contributed by atoms with Gasteiger partial charge in [0, 0.05) is 18.3 Å². The molecule has 3 amide bonds. The number of carbonyl (C=O) groups is 3. The second kappa shape index (κ2) is 10.8. The molecule has 9 heteroatoms. The van der Waals surface area contributed by atoms with E-state index >= 15 is 0 Å². The fourth-order valence-corrected chi connectivity index (χ4v) is 4.10. The smallest absolute Gasteiger partial charge is 0.283 e. The first kappa shape index (κ1) is 23.9. The molecule has 0 fully saturated rings. The van der Waals surface area contributed by atoms with Gasteiger partial charge in [0.1, 0.15) is 11.5 Å². The van der Waals surface area contributed by atoms with Gasteiger partial charge in [-0.3, -0.25) is 19.3 Å². The summed E-state index contributed by atoms with van der Waals surface area (Å²) in [6.45, 7) is 1.42. The van der Waals surface area contributed by atoms with E-state index in [-0.39, 0.29) is 29.2 Å². The summed E-state index contributed by atoms with van der Waals surface area (Å²) in [7, 11) is 0. The van der Waals surface area contributed by atoms with Crippen molar-refractivity contribution in [2.24, 2.45) is 4.99 Å². The van der Waals surface area contributed by atoms with Crippen LogP contribution in [0.3, 0.4) is 0 Å². The van der Waals surface area contributed by atoms with Gasteiger partial charge in [-0.05, 0) is 60.2 Å². The van der Waals surface area contributed by atoms with Crippen molar-refractivity contribution in [2.75, 3.05) is 21.3 Å². The van der Waals surface area contributed by atoms with Crippen molar-refractivity contribution in [1.29, 1.82) is 0 Å². The largest absolute Gasteiger partial charge is 0.326 e. The minimum atomic E-state index is -0.421. The summed E-state index contributed by atoms with van der Waals surface area (Å²) in [5, 5.41) is 5.75. The van der Waals surface area contributed by atoms with Crippen molar-refractivity contribution >= 4 is 57.8 Å². The van der Waals surface area contributed by atoms with Crippen molar-refractivity contribution in [1.82, 2.24) is 0 Å². The zero-order valence-electron chi connectivity index (χ0n) is 18.7. The quantitative estimate of drug-likeness (QED) is 0.483. The Hall–Kier alpha value is -4.24. The average Bonchev–Trinajstić information content (AvgIpc) is 3.15. The first-order valence-corrected chi connectivity index (χ1v) is 11.6. The van der Waals surface area contributed by atoms with Crippen LogP contribution in [-0.4, -0.2) is 28.6 Å². The molecule has 0 aliphatic carbocycles. The molecule has 3 aromatic rings. The molecule has 0 atom stereocenters. The van der Waals surface area contributed by atoms with Gasteiger partial charge in [0.25, 0.3) is 5.91 Å². The Bertz CT molecular complexity index is 1310. The molecule has 0 spiro atoms. The second-order valence-electron chi connectivity index (χ2n) is 7.55. The van der Waals surface area contributed by atoms with Crippen LogP contribution in [-0.2, 0) is 14.4 Å². The van der Waals surface area contributed by atoms with Gasteiger partial charge in [0.2, 0.25) is 11.8 Å². The van der Waals surface area contributed by atoms with Crippen LogP contribution in [0, 0.1) is 5.82 Å². The van der Waals surface area contributed by atoms with Crippen LogP contribution in [0.1, 0.15) is 12.5 Å². The molecule has 1 aliphatic rings. The van der Waals surface area contributed by atoms with Gasteiger partial charge in [0.05, 0.1) is 11.4 Å². The third-order valence-electron chi connectivity index (χ3n) is 4.84. The number of rotatable bonds is 6. The third-order valence-corrected chi connectivity index (χ3v) is 5.78. The Kier molecular flexibility index (Phi) is 7.37. The maximum absolute atomic E-state index is 13.5. The van der Waals surface area contributed by atoms with Gasteiger partial charge in [-0.2, -0.15) is 0 Å². The molecule has 0 unspecified atom stereocenters. The highest BCUT2D eigenvalue weighted by molar-refractivity contribution is 8.14. The number of benzene rings is 3. The third kappa shape index (κ3) is 6.21. The second-order valence-corrected chi connectivity index (χ2v) is 8.49. The van der Waals surface area contributed by atoms with E-state index in [9.17, 15) is 18.8 Å². The number of anilines is 3. The van der Waals surface area contributed by atoms with Crippen molar-refractivity contribution in [3.05, 3.63) is 95.9 Å². The zero-order valence-corrected chi connectivity index (χ0v) is 19.5.